The summed E-state index contributed by atoms with van der Waals surface area (Å²) in [5.41, 5.74) is -0.221. The number of nitrogens with one attached hydrogen (secondary N) is 4. The van der Waals surface area contributed by atoms with Crippen LogP contribution in [-0.2, 0) is 17.5 Å². The van der Waals surface area contributed by atoms with Gasteiger partial charge in [0, 0.05) is 44.2 Å². The van der Waals surface area contributed by atoms with Gasteiger partial charge in [-0.15, -0.1) is 0 Å². The number of carbonyl (C=O) groups excluding carboxylic acids is 3. The van der Waals surface area contributed by atoms with Crippen LogP contribution in [0, 0.1) is 0 Å². The molecule has 1 aromatic heterocycles. The van der Waals surface area contributed by atoms with Crippen molar-refractivity contribution in [3.05, 3.63) is 77.6 Å². The first kappa shape index (κ1) is 26.0. The molecule has 0 bridgehead atoms. The van der Waals surface area contributed by atoms with E-state index in [0.717, 1.165) is 12.1 Å². The molecule has 3 rings (SSSR count). The number of nitrogens with zero attached hydrogens (tertiary/aromatic N) is 1. The maximum Gasteiger partial charge on any atom is 0.416 e. The van der Waals surface area contributed by atoms with Gasteiger partial charge in [0.05, 0.1) is 5.56 Å². The fourth-order valence-electron chi connectivity index (χ4n) is 3.00. The quantitative estimate of drug-likeness (QED) is 0.379. The van der Waals surface area contributed by atoms with Crippen LogP contribution in [0.15, 0.2) is 60.8 Å². The summed E-state index contributed by atoms with van der Waals surface area (Å²) in [5, 5.41) is 9.88. The zero-order chi connectivity index (χ0) is 26.3. The molecule has 1 heterocycles. The molecule has 4 amide bonds. The van der Waals surface area contributed by atoms with E-state index in [1.165, 1.54) is 44.4 Å². The molecule has 2 aromatic carbocycles. The molecule has 0 aliphatic carbocycles. The fraction of sp³-hybridized carbons (Fsp3) is 0.167. The van der Waals surface area contributed by atoms with E-state index in [9.17, 15) is 27.6 Å². The molecule has 0 atom stereocenters. The minimum Gasteiger partial charge on any atom is -0.457 e. The lowest BCUT2D eigenvalue weighted by Crippen LogP contribution is -2.23. The molecule has 36 heavy (non-hydrogen) atoms. The lowest BCUT2D eigenvalue weighted by Gasteiger charge is -2.15. The van der Waals surface area contributed by atoms with Crippen molar-refractivity contribution in [3.8, 4) is 11.5 Å². The van der Waals surface area contributed by atoms with Gasteiger partial charge in [-0.2, -0.15) is 13.2 Å². The maximum absolute atomic E-state index is 13.1. The van der Waals surface area contributed by atoms with E-state index >= 15 is 0 Å². The average Bonchev–Trinajstić information content (AvgIpc) is 2.83. The zero-order valence-electron chi connectivity index (χ0n) is 19.2. The lowest BCUT2D eigenvalue weighted by molar-refractivity contribution is -0.137. The van der Waals surface area contributed by atoms with E-state index < -0.39 is 17.8 Å². The number of alkyl halides is 3. The third-order valence-electron chi connectivity index (χ3n) is 4.75. The average molecular weight is 501 g/mol. The Balaban J connectivity index is 1.68. The first-order valence-corrected chi connectivity index (χ1v) is 10.5. The topological polar surface area (TPSA) is 121 Å². The molecule has 12 heteroatoms. The highest BCUT2D eigenvalue weighted by molar-refractivity contribution is 6.00. The van der Waals surface area contributed by atoms with Gasteiger partial charge < -0.3 is 26.0 Å². The summed E-state index contributed by atoms with van der Waals surface area (Å²) in [6.07, 6.45) is -3.18. The number of anilines is 2. The van der Waals surface area contributed by atoms with E-state index in [0.29, 0.717) is 22.7 Å². The highest BCUT2D eigenvalue weighted by Crippen LogP contribution is 2.32. The van der Waals surface area contributed by atoms with Crippen molar-refractivity contribution in [3.63, 3.8) is 0 Å². The Morgan fingerprint density at radius 3 is 2.31 bits per heavy atom. The number of amides is 4. The molecule has 0 aliphatic rings. The van der Waals surface area contributed by atoms with Gasteiger partial charge in [-0.3, -0.25) is 14.6 Å². The van der Waals surface area contributed by atoms with Crippen LogP contribution in [-0.4, -0.2) is 29.9 Å². The van der Waals surface area contributed by atoms with Crippen LogP contribution in [0.5, 0.6) is 11.5 Å². The Labute approximate surface area is 204 Å². The minimum absolute atomic E-state index is 0.0637. The van der Waals surface area contributed by atoms with E-state index in [4.69, 9.17) is 4.74 Å². The van der Waals surface area contributed by atoms with Crippen LogP contribution in [0.4, 0.5) is 29.3 Å². The fourth-order valence-corrected chi connectivity index (χ4v) is 3.00. The number of benzene rings is 2. The van der Waals surface area contributed by atoms with Crippen molar-refractivity contribution in [2.24, 2.45) is 0 Å². The van der Waals surface area contributed by atoms with Gasteiger partial charge in [0.15, 0.2) is 0 Å². The molecule has 188 valence electrons. The molecular weight excluding hydrogens is 479 g/mol. The molecule has 0 spiro atoms. The van der Waals surface area contributed by atoms with Crippen LogP contribution in [0.1, 0.15) is 28.5 Å². The number of urea groups is 1. The first-order valence-electron chi connectivity index (χ1n) is 10.5. The van der Waals surface area contributed by atoms with Crippen LogP contribution in [0.2, 0.25) is 0 Å². The van der Waals surface area contributed by atoms with E-state index in [1.807, 2.05) is 0 Å². The molecule has 0 aliphatic heterocycles. The summed E-state index contributed by atoms with van der Waals surface area (Å²) in [6, 6.07) is 11.3. The van der Waals surface area contributed by atoms with Crippen molar-refractivity contribution in [2.45, 2.75) is 19.6 Å². The molecular formula is C24H22F3N5O4. The Bertz CT molecular complexity index is 1260. The van der Waals surface area contributed by atoms with Gasteiger partial charge in [0.2, 0.25) is 5.91 Å². The molecule has 0 unspecified atom stereocenters. The molecule has 3 aromatic rings. The Hall–Kier alpha value is -4.61. The number of ether oxygens (including phenoxy) is 1. The second-order valence-electron chi connectivity index (χ2n) is 7.44. The number of rotatable bonds is 7. The number of hydrogen-bond acceptors (Lipinski definition) is 5. The number of hydrogen-bond donors (Lipinski definition) is 4. The number of aromatic nitrogens is 1. The van der Waals surface area contributed by atoms with Crippen molar-refractivity contribution in [2.75, 3.05) is 17.7 Å². The Morgan fingerprint density at radius 1 is 0.944 bits per heavy atom. The zero-order valence-corrected chi connectivity index (χ0v) is 19.2. The standard InChI is InChI=1S/C24H22F3N5O4/c1-14(33)30-13-15-3-4-16(24(25,26)27)11-20(15)32-23(35)31-17-5-7-18(8-6-17)36-19-9-10-29-21(12-19)22(34)28-2/h3-12H,13H2,1-2H3,(H,28,34)(H,30,33)(H2,31,32,35). The summed E-state index contributed by atoms with van der Waals surface area (Å²) < 4.78 is 45.1. The number of pyridine rings is 1. The minimum atomic E-state index is -4.61. The van der Waals surface area contributed by atoms with Gasteiger partial charge in [-0.1, -0.05) is 6.07 Å². The normalized spacial score (nSPS) is 10.8. The number of carbonyl (C=O) groups is 3. The van der Waals surface area contributed by atoms with Crippen LogP contribution in [0.3, 0.4) is 0 Å². The predicted molar refractivity (Wildman–Crippen MR) is 126 cm³/mol. The van der Waals surface area contributed by atoms with Crippen LogP contribution < -0.4 is 26.0 Å². The third-order valence-corrected chi connectivity index (χ3v) is 4.75. The van der Waals surface area contributed by atoms with Crippen molar-refractivity contribution >= 4 is 29.2 Å². The summed E-state index contributed by atoms with van der Waals surface area (Å²) in [4.78, 5) is 39.3. The van der Waals surface area contributed by atoms with Crippen LogP contribution >= 0.6 is 0 Å². The van der Waals surface area contributed by atoms with E-state index in [-0.39, 0.29) is 29.7 Å². The van der Waals surface area contributed by atoms with Gasteiger partial charge in [-0.05, 0) is 48.0 Å². The maximum atomic E-state index is 13.1. The third kappa shape index (κ3) is 7.19. The SMILES string of the molecule is CNC(=O)c1cc(Oc2ccc(NC(=O)Nc3cc(C(F)(F)F)ccc3CNC(C)=O)cc2)ccn1. The van der Waals surface area contributed by atoms with Crippen molar-refractivity contribution in [1.82, 2.24) is 15.6 Å². The molecule has 0 radical (unpaired) electrons. The van der Waals surface area contributed by atoms with Gasteiger partial charge in [0.25, 0.3) is 5.91 Å². The second kappa shape index (κ2) is 11.2. The Kier molecular flexibility index (Phi) is 8.10. The van der Waals surface area contributed by atoms with Crippen molar-refractivity contribution < 1.29 is 32.3 Å². The molecule has 4 N–H and O–H groups in total. The van der Waals surface area contributed by atoms with Gasteiger partial charge >= 0.3 is 12.2 Å². The van der Waals surface area contributed by atoms with E-state index in [2.05, 4.69) is 26.3 Å². The summed E-state index contributed by atoms with van der Waals surface area (Å²) in [5.74, 6) is 0.0417. The summed E-state index contributed by atoms with van der Waals surface area (Å²) >= 11 is 0. The van der Waals surface area contributed by atoms with Gasteiger partial charge in [0.1, 0.15) is 17.2 Å². The van der Waals surface area contributed by atoms with Gasteiger partial charge in [-0.25, -0.2) is 4.79 Å². The van der Waals surface area contributed by atoms with E-state index in [1.54, 1.807) is 18.2 Å². The largest absolute Gasteiger partial charge is 0.457 e. The highest BCUT2D eigenvalue weighted by Gasteiger charge is 2.31. The lowest BCUT2D eigenvalue weighted by atomic mass is 10.1. The summed E-state index contributed by atoms with van der Waals surface area (Å²) in [7, 11) is 1.48. The smallest absolute Gasteiger partial charge is 0.416 e. The van der Waals surface area contributed by atoms with Crippen molar-refractivity contribution in [1.29, 1.82) is 0 Å². The predicted octanol–water partition coefficient (Wildman–Crippen LogP) is 4.53. The monoisotopic (exact) mass is 501 g/mol. The first-order chi connectivity index (χ1) is 17.0. The molecule has 0 saturated heterocycles. The summed E-state index contributed by atoms with van der Waals surface area (Å²) in [6.45, 7) is 1.21. The molecule has 0 saturated carbocycles. The Morgan fingerprint density at radius 2 is 1.67 bits per heavy atom. The van der Waals surface area contributed by atoms with Crippen LogP contribution in [0.25, 0.3) is 0 Å². The second-order valence-corrected chi connectivity index (χ2v) is 7.44. The molecule has 9 nitrogen and oxygen atoms in total. The molecule has 0 fully saturated rings. The highest BCUT2D eigenvalue weighted by atomic mass is 19.4. The number of halogens is 3.